The molecule has 2 fully saturated rings. The van der Waals surface area contributed by atoms with Crippen LogP contribution in [-0.4, -0.2) is 58.6 Å². The molecule has 1 unspecified atom stereocenters. The van der Waals surface area contributed by atoms with E-state index in [4.69, 9.17) is 4.98 Å². The van der Waals surface area contributed by atoms with Crippen molar-refractivity contribution in [3.05, 3.63) is 71.6 Å². The van der Waals surface area contributed by atoms with Gasteiger partial charge in [0.1, 0.15) is 11.9 Å². The lowest BCUT2D eigenvalue weighted by Gasteiger charge is -2.47. The van der Waals surface area contributed by atoms with E-state index >= 15 is 0 Å². The van der Waals surface area contributed by atoms with Crippen molar-refractivity contribution in [2.45, 2.75) is 38.1 Å². The molecule has 0 spiro atoms. The number of hydrogen-bond acceptors (Lipinski definition) is 5. The first-order valence-corrected chi connectivity index (χ1v) is 12.3. The Bertz CT molecular complexity index is 994. The smallest absolute Gasteiger partial charge is 0.325 e. The van der Waals surface area contributed by atoms with Crippen molar-refractivity contribution >= 4 is 11.8 Å². The zero-order valence-electron chi connectivity index (χ0n) is 19.2. The number of nitrogens with zero attached hydrogens (tertiary/aromatic N) is 3. The molecular formula is C27H34N4O2. The van der Waals surface area contributed by atoms with Crippen molar-refractivity contribution in [2.24, 2.45) is 11.8 Å². The number of carboxylic acids is 1. The third-order valence-corrected chi connectivity index (χ3v) is 7.57. The van der Waals surface area contributed by atoms with Gasteiger partial charge in [-0.05, 0) is 55.2 Å². The summed E-state index contributed by atoms with van der Waals surface area (Å²) in [4.78, 5) is 21.3. The lowest BCUT2D eigenvalue weighted by Crippen LogP contribution is -2.53. The minimum absolute atomic E-state index is 0.348. The van der Waals surface area contributed by atoms with Gasteiger partial charge in [0.05, 0.1) is 0 Å². The Hall–Kier alpha value is -2.86. The SMILES string of the molecule is C=C(C1CN(C(C(=O)O)c2ccccc2)C1)N1CCC(Cc2ccc3c(n2)NCCC3)CC1. The molecule has 0 radical (unpaired) electrons. The minimum atomic E-state index is -0.780. The van der Waals surface area contributed by atoms with Gasteiger partial charge in [-0.1, -0.05) is 43.0 Å². The van der Waals surface area contributed by atoms with Gasteiger partial charge in [0.15, 0.2) is 0 Å². The largest absolute Gasteiger partial charge is 0.480 e. The molecule has 3 aliphatic rings. The number of benzene rings is 1. The molecular weight excluding hydrogens is 412 g/mol. The molecule has 1 aromatic carbocycles. The minimum Gasteiger partial charge on any atom is -0.480 e. The number of piperidine rings is 1. The second-order valence-electron chi connectivity index (χ2n) is 9.77. The van der Waals surface area contributed by atoms with E-state index in [0.29, 0.717) is 11.8 Å². The predicted octanol–water partition coefficient (Wildman–Crippen LogP) is 3.97. The molecule has 0 aliphatic carbocycles. The van der Waals surface area contributed by atoms with Crippen molar-refractivity contribution in [3.8, 4) is 0 Å². The van der Waals surface area contributed by atoms with Gasteiger partial charge < -0.3 is 15.3 Å². The third kappa shape index (κ3) is 4.76. The highest BCUT2D eigenvalue weighted by Crippen LogP contribution is 2.35. The molecule has 1 atom stereocenters. The van der Waals surface area contributed by atoms with Crippen LogP contribution < -0.4 is 5.32 Å². The summed E-state index contributed by atoms with van der Waals surface area (Å²) in [6, 6.07) is 13.4. The van der Waals surface area contributed by atoms with Crippen molar-refractivity contribution < 1.29 is 9.90 Å². The fourth-order valence-electron chi connectivity index (χ4n) is 5.54. The van der Waals surface area contributed by atoms with Crippen LogP contribution in [0.4, 0.5) is 5.82 Å². The number of anilines is 1. The summed E-state index contributed by atoms with van der Waals surface area (Å²) in [5, 5.41) is 13.2. The molecule has 0 bridgehead atoms. The highest BCUT2D eigenvalue weighted by atomic mass is 16.4. The fraction of sp³-hybridized carbons (Fsp3) is 0.481. The second kappa shape index (κ2) is 9.56. The molecule has 3 aliphatic heterocycles. The zero-order chi connectivity index (χ0) is 22.8. The summed E-state index contributed by atoms with van der Waals surface area (Å²) < 4.78 is 0. The number of nitrogens with one attached hydrogen (secondary N) is 1. The van der Waals surface area contributed by atoms with Crippen LogP contribution in [0.2, 0.25) is 0 Å². The van der Waals surface area contributed by atoms with Crippen LogP contribution in [0.25, 0.3) is 0 Å². The first-order valence-electron chi connectivity index (χ1n) is 12.3. The average Bonchev–Trinajstić information content (AvgIpc) is 2.81. The van der Waals surface area contributed by atoms with E-state index < -0.39 is 12.0 Å². The number of aromatic nitrogens is 1. The van der Waals surface area contributed by atoms with Gasteiger partial charge >= 0.3 is 5.97 Å². The maximum absolute atomic E-state index is 11.9. The van der Waals surface area contributed by atoms with E-state index in [0.717, 1.165) is 69.8 Å². The standard InChI is InChI=1S/C27H34N4O2/c1-19(23-17-31(18-23)25(27(32)33)21-6-3-2-4-7-21)30-14-11-20(12-15-30)16-24-10-9-22-8-5-13-28-26(22)29-24/h2-4,6-7,9-10,20,23,25H,1,5,8,11-18H2,(H,28,29)(H,32,33). The second-order valence-corrected chi connectivity index (χ2v) is 9.77. The Balaban J connectivity index is 1.11. The number of rotatable bonds is 7. The van der Waals surface area contributed by atoms with Crippen LogP contribution in [-0.2, 0) is 17.6 Å². The van der Waals surface area contributed by atoms with E-state index in [9.17, 15) is 9.90 Å². The number of carboxylic acid groups (broad SMARTS) is 1. The van der Waals surface area contributed by atoms with Crippen LogP contribution in [0.1, 0.15) is 42.1 Å². The van der Waals surface area contributed by atoms with Crippen molar-refractivity contribution in [1.29, 1.82) is 0 Å². The Morgan fingerprint density at radius 1 is 1.15 bits per heavy atom. The molecule has 2 aromatic rings. The number of fused-ring (bicyclic) bond motifs is 1. The first kappa shape index (κ1) is 22.0. The number of pyridine rings is 1. The molecule has 6 nitrogen and oxygen atoms in total. The topological polar surface area (TPSA) is 68.7 Å². The van der Waals surface area contributed by atoms with Gasteiger partial charge in [-0.3, -0.25) is 9.69 Å². The maximum atomic E-state index is 11.9. The third-order valence-electron chi connectivity index (χ3n) is 7.57. The van der Waals surface area contributed by atoms with E-state index in [1.807, 2.05) is 30.3 Å². The van der Waals surface area contributed by atoms with Crippen LogP contribution in [0.15, 0.2) is 54.7 Å². The summed E-state index contributed by atoms with van der Waals surface area (Å²) in [6.45, 7) is 9.01. The Labute approximate surface area is 196 Å². The summed E-state index contributed by atoms with van der Waals surface area (Å²) in [6.07, 6.45) is 5.68. The van der Waals surface area contributed by atoms with E-state index in [2.05, 4.69) is 33.8 Å². The predicted molar refractivity (Wildman–Crippen MR) is 130 cm³/mol. The Morgan fingerprint density at radius 2 is 1.91 bits per heavy atom. The lowest BCUT2D eigenvalue weighted by molar-refractivity contribution is -0.146. The van der Waals surface area contributed by atoms with Gasteiger partial charge in [-0.2, -0.15) is 0 Å². The average molecular weight is 447 g/mol. The Morgan fingerprint density at radius 3 is 2.64 bits per heavy atom. The number of aliphatic carboxylic acids is 1. The van der Waals surface area contributed by atoms with Gasteiger partial charge in [-0.25, -0.2) is 4.98 Å². The van der Waals surface area contributed by atoms with Crippen LogP contribution >= 0.6 is 0 Å². The fourth-order valence-corrected chi connectivity index (χ4v) is 5.54. The quantitative estimate of drug-likeness (QED) is 0.671. The number of likely N-dealkylation sites (tertiary alicyclic amines) is 2. The van der Waals surface area contributed by atoms with Gasteiger partial charge in [-0.15, -0.1) is 0 Å². The Kier molecular flexibility index (Phi) is 6.36. The van der Waals surface area contributed by atoms with Gasteiger partial charge in [0.2, 0.25) is 0 Å². The monoisotopic (exact) mass is 446 g/mol. The molecule has 0 amide bonds. The zero-order valence-corrected chi connectivity index (χ0v) is 19.2. The maximum Gasteiger partial charge on any atom is 0.325 e. The number of aryl methyl sites for hydroxylation is 1. The van der Waals surface area contributed by atoms with Crippen LogP contribution in [0.5, 0.6) is 0 Å². The summed E-state index contributed by atoms with van der Waals surface area (Å²) in [5.41, 5.74) is 4.58. The summed E-state index contributed by atoms with van der Waals surface area (Å²) >= 11 is 0. The number of hydrogen-bond donors (Lipinski definition) is 2. The molecule has 1 aromatic heterocycles. The molecule has 2 saturated heterocycles. The van der Waals surface area contributed by atoms with Gasteiger partial charge in [0.25, 0.3) is 0 Å². The summed E-state index contributed by atoms with van der Waals surface area (Å²) in [5.74, 6) is 1.32. The normalized spacial score (nSPS) is 20.4. The molecule has 174 valence electrons. The van der Waals surface area contributed by atoms with Crippen molar-refractivity contribution in [1.82, 2.24) is 14.8 Å². The lowest BCUT2D eigenvalue weighted by atomic mass is 9.88. The molecule has 4 heterocycles. The highest BCUT2D eigenvalue weighted by Gasteiger charge is 2.39. The van der Waals surface area contributed by atoms with Crippen LogP contribution in [0, 0.1) is 11.8 Å². The molecule has 2 N–H and O–H groups in total. The molecule has 33 heavy (non-hydrogen) atoms. The first-order chi connectivity index (χ1) is 16.1. The van der Waals surface area contributed by atoms with Crippen LogP contribution in [0.3, 0.4) is 0 Å². The molecule has 0 saturated carbocycles. The van der Waals surface area contributed by atoms with Crippen molar-refractivity contribution in [3.63, 3.8) is 0 Å². The molecule has 5 rings (SSSR count). The number of carbonyl (C=O) groups is 1. The van der Waals surface area contributed by atoms with E-state index in [1.165, 1.54) is 23.4 Å². The van der Waals surface area contributed by atoms with Gasteiger partial charge in [0, 0.05) is 50.0 Å². The van der Waals surface area contributed by atoms with Crippen molar-refractivity contribution in [2.75, 3.05) is 38.0 Å². The highest BCUT2D eigenvalue weighted by molar-refractivity contribution is 5.75. The van der Waals surface area contributed by atoms with E-state index in [1.54, 1.807) is 0 Å². The summed E-state index contributed by atoms with van der Waals surface area (Å²) in [7, 11) is 0. The van der Waals surface area contributed by atoms with E-state index in [-0.39, 0.29) is 0 Å². The molecule has 6 heteroatoms.